The molecule has 2 aromatic rings. The van der Waals surface area contributed by atoms with E-state index in [9.17, 15) is 9.18 Å². The highest BCUT2D eigenvalue weighted by atomic mass is 19.1. The van der Waals surface area contributed by atoms with Gasteiger partial charge in [-0.05, 0) is 31.2 Å². The number of amides is 1. The van der Waals surface area contributed by atoms with Crippen molar-refractivity contribution in [2.24, 2.45) is 0 Å². The summed E-state index contributed by atoms with van der Waals surface area (Å²) in [6.45, 7) is 1.87. The Kier molecular flexibility index (Phi) is 3.58. The smallest absolute Gasteiger partial charge is 0.255 e. The van der Waals surface area contributed by atoms with Gasteiger partial charge in [-0.3, -0.25) is 4.79 Å². The number of carbonyl (C=O) groups excluding carboxylic acids is 1. The molecule has 0 saturated heterocycles. The van der Waals surface area contributed by atoms with Gasteiger partial charge in [0.2, 0.25) is 0 Å². The molecule has 0 aliphatic carbocycles. The van der Waals surface area contributed by atoms with E-state index in [2.05, 4.69) is 5.32 Å². The number of rotatable bonds is 2. The zero-order chi connectivity index (χ0) is 13.8. The summed E-state index contributed by atoms with van der Waals surface area (Å²) in [5, 5.41) is 11.4. The second-order valence-corrected chi connectivity index (χ2v) is 4.10. The number of carbonyl (C=O) groups is 1. The van der Waals surface area contributed by atoms with Gasteiger partial charge in [0, 0.05) is 5.56 Å². The van der Waals surface area contributed by atoms with Crippen molar-refractivity contribution in [3.05, 3.63) is 65.0 Å². The molecule has 0 atom stereocenters. The van der Waals surface area contributed by atoms with E-state index < -0.39 is 5.82 Å². The lowest BCUT2D eigenvalue weighted by atomic mass is 10.1. The van der Waals surface area contributed by atoms with E-state index >= 15 is 0 Å². The van der Waals surface area contributed by atoms with E-state index in [1.807, 2.05) is 13.0 Å². The van der Waals surface area contributed by atoms with Crippen molar-refractivity contribution in [1.82, 2.24) is 0 Å². The second kappa shape index (κ2) is 5.32. The lowest BCUT2D eigenvalue weighted by molar-refractivity contribution is 0.102. The van der Waals surface area contributed by atoms with Gasteiger partial charge in [0.25, 0.3) is 5.91 Å². The number of hydrogen-bond donors (Lipinski definition) is 1. The van der Waals surface area contributed by atoms with E-state index in [0.29, 0.717) is 5.56 Å². The first-order valence-electron chi connectivity index (χ1n) is 5.68. The normalized spacial score (nSPS) is 9.74. The van der Waals surface area contributed by atoms with Crippen LogP contribution in [0.15, 0.2) is 42.5 Å². The van der Waals surface area contributed by atoms with E-state index in [-0.39, 0.29) is 17.2 Å². The molecule has 19 heavy (non-hydrogen) atoms. The van der Waals surface area contributed by atoms with Crippen LogP contribution in [0.4, 0.5) is 10.1 Å². The fourth-order valence-electron chi connectivity index (χ4n) is 1.72. The second-order valence-electron chi connectivity index (χ2n) is 4.10. The van der Waals surface area contributed by atoms with Crippen LogP contribution in [0.5, 0.6) is 0 Å². The van der Waals surface area contributed by atoms with Gasteiger partial charge in [0.15, 0.2) is 0 Å². The summed E-state index contributed by atoms with van der Waals surface area (Å²) >= 11 is 0. The molecule has 94 valence electrons. The number of benzene rings is 2. The molecule has 1 N–H and O–H groups in total. The van der Waals surface area contributed by atoms with Crippen molar-refractivity contribution in [3.63, 3.8) is 0 Å². The summed E-state index contributed by atoms with van der Waals surface area (Å²) in [6, 6.07) is 12.9. The van der Waals surface area contributed by atoms with Crippen LogP contribution in [0.3, 0.4) is 0 Å². The van der Waals surface area contributed by atoms with E-state index in [0.717, 1.165) is 5.56 Å². The molecule has 0 radical (unpaired) electrons. The first kappa shape index (κ1) is 12.8. The number of nitrogens with zero attached hydrogens (tertiary/aromatic N) is 1. The summed E-state index contributed by atoms with van der Waals surface area (Å²) in [4.78, 5) is 12.0. The van der Waals surface area contributed by atoms with Crippen LogP contribution in [0, 0.1) is 24.1 Å². The van der Waals surface area contributed by atoms with Gasteiger partial charge >= 0.3 is 0 Å². The Bertz CT molecular complexity index is 674. The molecule has 2 rings (SSSR count). The third-order valence-corrected chi connectivity index (χ3v) is 2.65. The number of halogens is 1. The molecule has 0 aliphatic heterocycles. The zero-order valence-electron chi connectivity index (χ0n) is 10.3. The molecule has 0 unspecified atom stereocenters. The average Bonchev–Trinajstić information content (AvgIpc) is 2.39. The van der Waals surface area contributed by atoms with E-state index in [4.69, 9.17) is 5.26 Å². The first-order chi connectivity index (χ1) is 9.11. The summed E-state index contributed by atoms with van der Waals surface area (Å²) in [7, 11) is 0. The van der Waals surface area contributed by atoms with Crippen molar-refractivity contribution in [1.29, 1.82) is 5.26 Å². The maximum atomic E-state index is 13.4. The maximum Gasteiger partial charge on any atom is 0.255 e. The Morgan fingerprint density at radius 1 is 1.26 bits per heavy atom. The van der Waals surface area contributed by atoms with Gasteiger partial charge in [0.05, 0.1) is 5.69 Å². The predicted octanol–water partition coefficient (Wildman–Crippen LogP) is 3.26. The van der Waals surface area contributed by atoms with E-state index in [1.54, 1.807) is 24.3 Å². The molecule has 2 aromatic carbocycles. The van der Waals surface area contributed by atoms with Gasteiger partial charge in [-0.2, -0.15) is 5.26 Å². The minimum atomic E-state index is -0.649. The zero-order valence-corrected chi connectivity index (χ0v) is 10.3. The predicted molar refractivity (Wildman–Crippen MR) is 70.2 cm³/mol. The Balaban J connectivity index is 2.30. The van der Waals surface area contributed by atoms with Crippen LogP contribution in [-0.4, -0.2) is 5.91 Å². The quantitative estimate of drug-likeness (QED) is 0.894. The number of aryl methyl sites for hydroxylation is 1. The molecule has 0 saturated carbocycles. The fourth-order valence-corrected chi connectivity index (χ4v) is 1.72. The number of hydrogen-bond acceptors (Lipinski definition) is 2. The molecule has 0 bridgehead atoms. The molecule has 0 aromatic heterocycles. The summed E-state index contributed by atoms with van der Waals surface area (Å²) in [5.74, 6) is -1.02. The van der Waals surface area contributed by atoms with Crippen molar-refractivity contribution in [2.75, 3.05) is 5.32 Å². The van der Waals surface area contributed by atoms with Crippen LogP contribution in [-0.2, 0) is 0 Å². The van der Waals surface area contributed by atoms with Crippen LogP contribution >= 0.6 is 0 Å². The Morgan fingerprint density at radius 3 is 2.68 bits per heavy atom. The van der Waals surface area contributed by atoms with Crippen molar-refractivity contribution >= 4 is 11.6 Å². The molecular formula is C15H11FN2O. The van der Waals surface area contributed by atoms with Gasteiger partial charge in [-0.1, -0.05) is 23.8 Å². The summed E-state index contributed by atoms with van der Waals surface area (Å²) < 4.78 is 13.4. The van der Waals surface area contributed by atoms with Crippen molar-refractivity contribution in [2.45, 2.75) is 6.92 Å². The number of anilines is 1. The monoisotopic (exact) mass is 254 g/mol. The van der Waals surface area contributed by atoms with Gasteiger partial charge < -0.3 is 5.32 Å². The van der Waals surface area contributed by atoms with E-state index in [1.165, 1.54) is 18.2 Å². The minimum absolute atomic E-state index is 0.163. The Labute approximate surface area is 110 Å². The minimum Gasteiger partial charge on any atom is -0.321 e. The topological polar surface area (TPSA) is 52.9 Å². The van der Waals surface area contributed by atoms with Crippen LogP contribution < -0.4 is 5.32 Å². The van der Waals surface area contributed by atoms with Crippen molar-refractivity contribution in [3.8, 4) is 6.07 Å². The first-order valence-corrected chi connectivity index (χ1v) is 5.68. The summed E-state index contributed by atoms with van der Waals surface area (Å²) in [6.07, 6.45) is 0. The molecule has 3 nitrogen and oxygen atoms in total. The molecule has 0 spiro atoms. The summed E-state index contributed by atoms with van der Waals surface area (Å²) in [5.41, 5.74) is 1.43. The molecule has 0 aliphatic rings. The molecular weight excluding hydrogens is 243 g/mol. The number of nitriles is 1. The fraction of sp³-hybridized carbons (Fsp3) is 0.0667. The van der Waals surface area contributed by atoms with Crippen LogP contribution in [0.2, 0.25) is 0 Å². The third kappa shape index (κ3) is 2.78. The number of nitrogens with one attached hydrogen (secondary N) is 1. The lowest BCUT2D eigenvalue weighted by Crippen LogP contribution is -2.13. The average molecular weight is 254 g/mol. The lowest BCUT2D eigenvalue weighted by Gasteiger charge is -2.07. The van der Waals surface area contributed by atoms with Crippen LogP contribution in [0.25, 0.3) is 0 Å². The Morgan fingerprint density at radius 2 is 2.00 bits per heavy atom. The highest BCUT2D eigenvalue weighted by Gasteiger charge is 2.11. The van der Waals surface area contributed by atoms with Crippen molar-refractivity contribution < 1.29 is 9.18 Å². The van der Waals surface area contributed by atoms with Gasteiger partial charge in [-0.15, -0.1) is 0 Å². The van der Waals surface area contributed by atoms with Gasteiger partial charge in [0.1, 0.15) is 17.4 Å². The third-order valence-electron chi connectivity index (χ3n) is 2.65. The standard InChI is InChI=1S/C15H11FN2O/c1-10-4-2-5-11(8-10)15(19)18-14-7-3-6-13(16)12(14)9-17/h2-8H,1H3,(H,18,19). The van der Waals surface area contributed by atoms with Crippen LogP contribution in [0.1, 0.15) is 21.5 Å². The molecule has 4 heteroatoms. The SMILES string of the molecule is Cc1cccc(C(=O)Nc2cccc(F)c2C#N)c1. The Hall–Kier alpha value is -2.67. The molecule has 0 heterocycles. The molecule has 1 amide bonds. The highest BCUT2D eigenvalue weighted by Crippen LogP contribution is 2.18. The largest absolute Gasteiger partial charge is 0.321 e. The maximum absolute atomic E-state index is 13.4. The molecule has 0 fully saturated rings. The van der Waals surface area contributed by atoms with Gasteiger partial charge in [-0.25, -0.2) is 4.39 Å². The highest BCUT2D eigenvalue weighted by molar-refractivity contribution is 6.05.